The third-order valence-corrected chi connectivity index (χ3v) is 17.8. The minimum atomic E-state index is -2.14. The van der Waals surface area contributed by atoms with Crippen molar-refractivity contribution in [2.24, 2.45) is 11.8 Å². The molecular weight excluding hydrogens is 647 g/mol. The molecule has 0 amide bonds. The van der Waals surface area contributed by atoms with Gasteiger partial charge in [-0.05, 0) is 0 Å². The summed E-state index contributed by atoms with van der Waals surface area (Å²) in [5.41, 5.74) is 15.8. The molecule has 0 fully saturated rings. The van der Waals surface area contributed by atoms with Gasteiger partial charge < -0.3 is 24.8 Å². The van der Waals surface area contributed by atoms with Gasteiger partial charge in [0.25, 0.3) is 0 Å². The second-order valence-electron chi connectivity index (χ2n) is 12.9. The molecule has 0 N–H and O–H groups in total. The van der Waals surface area contributed by atoms with Crippen LogP contribution in [0.5, 0.6) is 0 Å². The van der Waals surface area contributed by atoms with Crippen molar-refractivity contribution in [3.05, 3.63) is 130 Å². The zero-order chi connectivity index (χ0) is 27.8. The van der Waals surface area contributed by atoms with Crippen LogP contribution in [0.4, 0.5) is 0 Å². The zero-order valence-corrected chi connectivity index (χ0v) is 30.3. The van der Waals surface area contributed by atoms with E-state index >= 15 is 0 Å². The van der Waals surface area contributed by atoms with Crippen molar-refractivity contribution in [1.29, 1.82) is 0 Å². The smallest absolute Gasteiger partial charge is 1.00 e. The summed E-state index contributed by atoms with van der Waals surface area (Å²) in [6.45, 7) is 15.3. The predicted octanol–water partition coefficient (Wildman–Crippen LogP) is 4.54. The first kappa shape index (κ1) is 31.5. The Morgan fingerprint density at radius 2 is 0.905 bits per heavy atom. The van der Waals surface area contributed by atoms with Crippen molar-refractivity contribution in [3.63, 3.8) is 0 Å². The molecule has 4 bridgehead atoms. The number of benzene rings is 4. The molecule has 1 heterocycles. The van der Waals surface area contributed by atoms with E-state index in [1.165, 1.54) is 22.3 Å². The third kappa shape index (κ3) is 4.64. The van der Waals surface area contributed by atoms with Crippen molar-refractivity contribution in [2.45, 2.75) is 48.0 Å². The summed E-state index contributed by atoms with van der Waals surface area (Å²) in [5.74, 6) is 1.14. The van der Waals surface area contributed by atoms with Crippen LogP contribution in [0.2, 0.25) is 13.1 Å². The first-order chi connectivity index (χ1) is 19.3. The maximum Gasteiger partial charge on any atom is -1.00 e. The van der Waals surface area contributed by atoms with Crippen LogP contribution in [0.15, 0.2) is 108 Å². The van der Waals surface area contributed by atoms with Crippen LogP contribution in [0, 0.1) is 11.8 Å². The first-order valence-electron chi connectivity index (χ1n) is 14.9. The molecule has 4 aromatic rings. The average molecular weight is 685 g/mol. The summed E-state index contributed by atoms with van der Waals surface area (Å²) in [4.78, 5) is 0. The maximum absolute atomic E-state index is 2.70. The van der Waals surface area contributed by atoms with Gasteiger partial charge in [0.2, 0.25) is 0 Å². The molecule has 2 unspecified atom stereocenters. The second-order valence-corrected chi connectivity index (χ2v) is 20.8. The fourth-order valence-corrected chi connectivity index (χ4v) is 19.2. The molecule has 1 aliphatic heterocycles. The molecule has 0 spiro atoms. The summed E-state index contributed by atoms with van der Waals surface area (Å²) in [6.07, 6.45) is 0. The van der Waals surface area contributed by atoms with Crippen molar-refractivity contribution in [3.8, 4) is 22.3 Å². The van der Waals surface area contributed by atoms with E-state index in [1.54, 1.807) is 43.8 Å². The summed E-state index contributed by atoms with van der Waals surface area (Å²) in [5, 5.41) is 3.54. The van der Waals surface area contributed by atoms with Crippen molar-refractivity contribution < 1.29 is 48.0 Å². The van der Waals surface area contributed by atoms with Gasteiger partial charge in [0.1, 0.15) is 0 Å². The topological polar surface area (TPSA) is 0 Å². The van der Waals surface area contributed by atoms with Gasteiger partial charge in [0.05, 0.1) is 0 Å². The van der Waals surface area contributed by atoms with Crippen molar-refractivity contribution in [2.75, 3.05) is 0 Å². The number of halogens is 2. The number of fused-ring (bicyclic) bond motifs is 8. The van der Waals surface area contributed by atoms with Crippen LogP contribution in [0.3, 0.4) is 0 Å². The van der Waals surface area contributed by atoms with E-state index in [2.05, 4.69) is 138 Å². The molecule has 2 aliphatic carbocycles. The fourth-order valence-electron chi connectivity index (χ4n) is 8.05. The normalized spacial score (nSPS) is 19.2. The minimum Gasteiger partial charge on any atom is -1.00 e. The van der Waals surface area contributed by atoms with Gasteiger partial charge in [-0.25, -0.2) is 0 Å². The minimum absolute atomic E-state index is 0. The van der Waals surface area contributed by atoms with E-state index < -0.39 is 31.3 Å². The summed E-state index contributed by atoms with van der Waals surface area (Å²) in [6, 6.07) is 36.9. The van der Waals surface area contributed by atoms with Crippen molar-refractivity contribution >= 4 is 18.5 Å². The van der Waals surface area contributed by atoms with Gasteiger partial charge in [0, 0.05) is 0 Å². The molecule has 4 heteroatoms. The van der Waals surface area contributed by atoms with Gasteiger partial charge in [-0.3, -0.25) is 0 Å². The van der Waals surface area contributed by atoms with E-state index in [-0.39, 0.29) is 24.8 Å². The monoisotopic (exact) mass is 682 g/mol. The van der Waals surface area contributed by atoms with Gasteiger partial charge in [-0.15, -0.1) is 0 Å². The molecule has 3 aliphatic rings. The first-order valence-corrected chi connectivity index (χ1v) is 20.8. The summed E-state index contributed by atoms with van der Waals surface area (Å²) >= 11 is -0.960. The van der Waals surface area contributed by atoms with Crippen LogP contribution in [0.1, 0.15) is 57.2 Å². The molecule has 0 saturated heterocycles. The zero-order valence-electron chi connectivity index (χ0n) is 25.3. The molecule has 0 saturated carbocycles. The maximum atomic E-state index is 2.70. The van der Waals surface area contributed by atoms with Gasteiger partial charge in [-0.2, -0.15) is 0 Å². The molecule has 0 nitrogen and oxygen atoms in total. The Kier molecular flexibility index (Phi) is 8.88. The van der Waals surface area contributed by atoms with E-state index in [4.69, 9.17) is 0 Å². The molecule has 212 valence electrons. The van der Waals surface area contributed by atoms with E-state index in [0.717, 1.165) is 0 Å². The number of rotatable bonds is 4. The average Bonchev–Trinajstić information content (AvgIpc) is 3.49. The SMILES string of the molecule is CC(C)C1=C2c3c(-c4ccccc4)cccc3[CH]1[Zr+2][CH]1C(C(C)C)=C(c3c(-c4ccccc4)cccc31)[Si]2(C)C.[Cl-].[Cl-]. The molecule has 0 aromatic heterocycles. The van der Waals surface area contributed by atoms with Gasteiger partial charge in [-0.1, -0.05) is 0 Å². The Bertz CT molecular complexity index is 1580. The Labute approximate surface area is 277 Å². The second kappa shape index (κ2) is 11.9. The molecule has 4 aromatic carbocycles. The standard InChI is InChI=1S/C38H38Si.2ClH.Zr/c1-25(2)33-23-29-19-13-21-31(27-15-9-7-10-16-27)35(29)37(33)39(5,6)38-34(26(3)4)24-30-20-14-22-32(36(30)38)28-17-11-8-12-18-28;;;/h7-26H,1-6H3;2*1H;/q;;;+2/p-2. The van der Waals surface area contributed by atoms with Crippen LogP contribution in [0.25, 0.3) is 32.6 Å². The van der Waals surface area contributed by atoms with Crippen LogP contribution >= 0.6 is 0 Å². The van der Waals surface area contributed by atoms with Crippen molar-refractivity contribution in [1.82, 2.24) is 0 Å². The number of allylic oxidation sites excluding steroid dienone is 2. The predicted molar refractivity (Wildman–Crippen MR) is 170 cm³/mol. The van der Waals surface area contributed by atoms with Crippen LogP contribution < -0.4 is 24.8 Å². The Morgan fingerprint density at radius 1 is 0.524 bits per heavy atom. The Morgan fingerprint density at radius 3 is 1.26 bits per heavy atom. The van der Waals surface area contributed by atoms with Gasteiger partial charge >= 0.3 is 254 Å². The van der Waals surface area contributed by atoms with Crippen LogP contribution in [-0.4, -0.2) is 8.07 Å². The molecule has 7 rings (SSSR count). The Balaban J connectivity index is 0.00000176. The third-order valence-electron chi connectivity index (χ3n) is 9.51. The van der Waals surface area contributed by atoms with E-state index in [1.807, 2.05) is 0 Å². The number of hydrogen-bond acceptors (Lipinski definition) is 0. The van der Waals surface area contributed by atoms with Gasteiger partial charge in [0.15, 0.2) is 0 Å². The Hall–Kier alpha value is -1.96. The summed E-state index contributed by atoms with van der Waals surface area (Å²) in [7, 11) is -2.14. The fraction of sp³-hybridized carbons (Fsp3) is 0.263. The molecule has 0 radical (unpaired) electrons. The van der Waals surface area contributed by atoms with E-state index in [9.17, 15) is 0 Å². The summed E-state index contributed by atoms with van der Waals surface area (Å²) < 4.78 is 1.30. The quantitative estimate of drug-likeness (QED) is 0.277. The molecule has 2 atom stereocenters. The molecule has 42 heavy (non-hydrogen) atoms. The number of hydrogen-bond donors (Lipinski definition) is 0. The largest absolute Gasteiger partial charge is 1.00 e. The molecular formula is C38H38Cl2SiZr. The van der Waals surface area contributed by atoms with E-state index in [0.29, 0.717) is 19.1 Å². The van der Waals surface area contributed by atoms with Crippen LogP contribution in [-0.2, 0) is 23.2 Å².